The molecule has 82 valence electrons. The van der Waals surface area contributed by atoms with Crippen molar-refractivity contribution in [3.8, 4) is 0 Å². The molecule has 3 N–H and O–H groups in total. The molecule has 0 aromatic heterocycles. The van der Waals surface area contributed by atoms with Gasteiger partial charge in [-0.3, -0.25) is 9.88 Å². The van der Waals surface area contributed by atoms with Crippen LogP contribution in [0.1, 0.15) is 6.42 Å². The maximum atomic E-state index is 10.3. The topological polar surface area (TPSA) is 69.6 Å². The van der Waals surface area contributed by atoms with Crippen LogP contribution in [0, 0.1) is 0 Å². The summed E-state index contributed by atoms with van der Waals surface area (Å²) in [5.74, 6) is -0.912. The van der Waals surface area contributed by atoms with Gasteiger partial charge in [0.2, 0.25) is 0 Å². The minimum atomic E-state index is -2.78. The fourth-order valence-corrected chi connectivity index (χ4v) is 2.85. The van der Waals surface area contributed by atoms with Gasteiger partial charge < -0.3 is 10.00 Å². The molecule has 0 aliphatic carbocycles. The molecule has 1 rings (SSSR count). The van der Waals surface area contributed by atoms with E-state index in [9.17, 15) is 9.69 Å². The van der Waals surface area contributed by atoms with Crippen molar-refractivity contribution >= 4 is 29.5 Å². The van der Waals surface area contributed by atoms with Crippen molar-refractivity contribution < 1.29 is 14.8 Å². The van der Waals surface area contributed by atoms with Gasteiger partial charge in [-0.15, -0.1) is 0 Å². The molecule has 0 radical (unpaired) electrons. The van der Waals surface area contributed by atoms with Crippen LogP contribution in [0.2, 0.25) is 0 Å². The standard InChI is InChI=1S/C9H12NO3PS/c11-9(12)6-7-10-14(13,15)8-4-2-1-3-5-8/h1-5H,6-7H2,(H,11,12)(H2,10,13,15). The first-order valence-electron chi connectivity index (χ1n) is 4.38. The first-order valence-corrected chi connectivity index (χ1v) is 7.13. The lowest BCUT2D eigenvalue weighted by atomic mass is 10.4. The molecule has 0 bridgehead atoms. The van der Waals surface area contributed by atoms with Gasteiger partial charge in [0, 0.05) is 11.8 Å². The molecule has 6 heteroatoms. The predicted octanol–water partition coefficient (Wildman–Crippen LogP) is 0.678. The van der Waals surface area contributed by atoms with Crippen molar-refractivity contribution in [1.29, 1.82) is 0 Å². The summed E-state index contributed by atoms with van der Waals surface area (Å²) in [5, 5.41) is 11.8. The zero-order chi connectivity index (χ0) is 11.3. The van der Waals surface area contributed by atoms with Crippen molar-refractivity contribution in [1.82, 2.24) is 5.09 Å². The summed E-state index contributed by atoms with van der Waals surface area (Å²) in [7, 11) is 0. The van der Waals surface area contributed by atoms with Crippen LogP contribution in [0.15, 0.2) is 30.3 Å². The van der Waals surface area contributed by atoms with Gasteiger partial charge in [-0.25, -0.2) is 0 Å². The number of hydrogen-bond acceptors (Lipinski definition) is 2. The SMILES string of the molecule is O=C(O)CCNP(O)(=S)c1ccccc1. The lowest BCUT2D eigenvalue weighted by Crippen LogP contribution is -2.21. The third kappa shape index (κ3) is 4.10. The highest BCUT2D eigenvalue weighted by Crippen LogP contribution is 2.33. The molecule has 0 saturated carbocycles. The summed E-state index contributed by atoms with van der Waals surface area (Å²) in [4.78, 5) is 20.2. The van der Waals surface area contributed by atoms with E-state index >= 15 is 0 Å². The van der Waals surface area contributed by atoms with Crippen LogP contribution in [-0.4, -0.2) is 22.5 Å². The lowest BCUT2D eigenvalue weighted by molar-refractivity contribution is -0.136. The predicted molar refractivity (Wildman–Crippen MR) is 62.8 cm³/mol. The number of aliphatic carboxylic acids is 1. The Morgan fingerprint density at radius 2 is 2.00 bits per heavy atom. The van der Waals surface area contributed by atoms with E-state index in [4.69, 9.17) is 16.9 Å². The van der Waals surface area contributed by atoms with Gasteiger partial charge >= 0.3 is 5.97 Å². The number of rotatable bonds is 5. The lowest BCUT2D eigenvalue weighted by Gasteiger charge is -2.16. The van der Waals surface area contributed by atoms with E-state index in [1.807, 2.05) is 6.07 Å². The zero-order valence-corrected chi connectivity index (χ0v) is 9.67. The van der Waals surface area contributed by atoms with Gasteiger partial charge in [0.1, 0.15) is 0 Å². The molecule has 0 spiro atoms. The molecule has 1 unspecified atom stereocenters. The Kier molecular flexibility index (Phi) is 4.42. The monoisotopic (exact) mass is 245 g/mol. The van der Waals surface area contributed by atoms with E-state index in [0.29, 0.717) is 5.30 Å². The maximum absolute atomic E-state index is 10.3. The van der Waals surface area contributed by atoms with Crippen LogP contribution in [-0.2, 0) is 16.6 Å². The highest BCUT2D eigenvalue weighted by molar-refractivity contribution is 8.14. The molecule has 0 heterocycles. The van der Waals surface area contributed by atoms with Crippen molar-refractivity contribution in [2.75, 3.05) is 6.54 Å². The van der Waals surface area contributed by atoms with Crippen LogP contribution in [0.25, 0.3) is 0 Å². The molecular formula is C9H12NO3PS. The second-order valence-electron chi connectivity index (χ2n) is 2.96. The Balaban J connectivity index is 2.60. The third-order valence-electron chi connectivity index (χ3n) is 1.77. The Morgan fingerprint density at radius 1 is 1.40 bits per heavy atom. The molecule has 15 heavy (non-hydrogen) atoms. The second kappa shape index (κ2) is 5.37. The van der Waals surface area contributed by atoms with Crippen molar-refractivity contribution in [2.24, 2.45) is 0 Å². The second-order valence-corrected chi connectivity index (χ2v) is 6.53. The molecule has 0 aliphatic heterocycles. The van der Waals surface area contributed by atoms with Gasteiger partial charge in [-0.05, 0) is 11.8 Å². The molecule has 1 aromatic rings. The van der Waals surface area contributed by atoms with Gasteiger partial charge in [0.15, 0.2) is 6.42 Å². The number of benzene rings is 1. The van der Waals surface area contributed by atoms with Gasteiger partial charge in [-0.2, -0.15) is 0 Å². The van der Waals surface area contributed by atoms with E-state index in [1.165, 1.54) is 0 Å². The molecule has 0 fully saturated rings. The fraction of sp³-hybridized carbons (Fsp3) is 0.222. The molecule has 1 atom stereocenters. The van der Waals surface area contributed by atoms with Crippen LogP contribution < -0.4 is 10.4 Å². The minimum Gasteiger partial charge on any atom is -0.481 e. The van der Waals surface area contributed by atoms with E-state index in [1.54, 1.807) is 24.3 Å². The summed E-state index contributed by atoms with van der Waals surface area (Å²) in [6, 6.07) is 8.86. The summed E-state index contributed by atoms with van der Waals surface area (Å²) in [5.41, 5.74) is 0. The zero-order valence-electron chi connectivity index (χ0n) is 7.96. The molecule has 0 amide bonds. The van der Waals surface area contributed by atoms with Crippen molar-refractivity contribution in [3.05, 3.63) is 30.3 Å². The number of nitrogens with one attached hydrogen (secondary N) is 1. The first kappa shape index (κ1) is 12.3. The number of carboxylic acid groups (broad SMARTS) is 1. The van der Waals surface area contributed by atoms with Crippen LogP contribution in [0.4, 0.5) is 0 Å². The molecular weight excluding hydrogens is 233 g/mol. The largest absolute Gasteiger partial charge is 0.481 e. The third-order valence-corrected chi connectivity index (χ3v) is 4.44. The summed E-state index contributed by atoms with van der Waals surface area (Å²) in [6.45, 7) is 0.179. The highest BCUT2D eigenvalue weighted by atomic mass is 32.4. The highest BCUT2D eigenvalue weighted by Gasteiger charge is 2.14. The van der Waals surface area contributed by atoms with E-state index < -0.39 is 12.4 Å². The van der Waals surface area contributed by atoms with Gasteiger partial charge in [0.05, 0.1) is 6.42 Å². The summed E-state index contributed by atoms with van der Waals surface area (Å²) >= 11 is 5.02. The first-order chi connectivity index (χ1) is 7.02. The summed E-state index contributed by atoms with van der Waals surface area (Å²) < 4.78 is 0. The molecule has 0 aliphatic rings. The average Bonchev–Trinajstić information content (AvgIpc) is 2.18. The summed E-state index contributed by atoms with van der Waals surface area (Å²) in [6.07, 6.45) is -2.83. The van der Waals surface area contributed by atoms with E-state index in [2.05, 4.69) is 5.09 Å². The number of carboxylic acids is 1. The average molecular weight is 245 g/mol. The van der Waals surface area contributed by atoms with Crippen molar-refractivity contribution in [2.45, 2.75) is 6.42 Å². The fourth-order valence-electron chi connectivity index (χ4n) is 1.04. The normalized spacial score (nSPS) is 14.5. The van der Waals surface area contributed by atoms with Gasteiger partial charge in [-0.1, -0.05) is 30.3 Å². The molecule has 0 saturated heterocycles. The van der Waals surface area contributed by atoms with E-state index in [0.717, 1.165) is 0 Å². The Bertz CT molecular complexity index is 382. The Morgan fingerprint density at radius 3 is 2.53 bits per heavy atom. The quantitative estimate of drug-likeness (QED) is 0.665. The number of carbonyl (C=O) groups is 1. The van der Waals surface area contributed by atoms with Crippen LogP contribution in [0.3, 0.4) is 0 Å². The minimum absolute atomic E-state index is 0.0498. The van der Waals surface area contributed by atoms with Crippen LogP contribution in [0.5, 0.6) is 0 Å². The Hall–Kier alpha value is -0.740. The Labute approximate surface area is 93.1 Å². The van der Waals surface area contributed by atoms with Crippen LogP contribution >= 0.6 is 6.42 Å². The maximum Gasteiger partial charge on any atom is 0.304 e. The molecule has 4 nitrogen and oxygen atoms in total. The van der Waals surface area contributed by atoms with Crippen molar-refractivity contribution in [3.63, 3.8) is 0 Å². The van der Waals surface area contributed by atoms with Gasteiger partial charge in [0.25, 0.3) is 0 Å². The number of hydrogen-bond donors (Lipinski definition) is 3. The van der Waals surface area contributed by atoms with E-state index in [-0.39, 0.29) is 13.0 Å². The smallest absolute Gasteiger partial charge is 0.304 e. The molecule has 1 aromatic carbocycles.